The molecule has 0 aliphatic carbocycles. The van der Waals surface area contributed by atoms with Crippen molar-refractivity contribution in [2.24, 2.45) is 4.99 Å². The summed E-state index contributed by atoms with van der Waals surface area (Å²) in [5.41, 5.74) is 0.761. The fourth-order valence-corrected chi connectivity index (χ4v) is 1.85. The molecule has 2 aromatic rings. The number of hydrogen-bond donors (Lipinski definition) is 0. The van der Waals surface area contributed by atoms with Crippen LogP contribution in [-0.4, -0.2) is 16.4 Å². The zero-order valence-corrected chi connectivity index (χ0v) is 12.3. The fraction of sp³-hybridized carbons (Fsp3) is 0.0714. The van der Waals surface area contributed by atoms with Crippen LogP contribution in [0.25, 0.3) is 17.2 Å². The van der Waals surface area contributed by atoms with Gasteiger partial charge in [-0.2, -0.15) is 4.98 Å². The largest absolute Gasteiger partial charge is 0.333 e. The smallest absolute Gasteiger partial charge is 0.261 e. The number of aliphatic imine (C=N–C) groups is 1. The topological polar surface area (TPSA) is 51.3 Å². The van der Waals surface area contributed by atoms with E-state index < -0.39 is 5.82 Å². The third kappa shape index (κ3) is 3.08. The van der Waals surface area contributed by atoms with E-state index in [4.69, 9.17) is 4.52 Å². The number of benzene rings is 1. The minimum Gasteiger partial charge on any atom is -0.333 e. The van der Waals surface area contributed by atoms with Gasteiger partial charge < -0.3 is 4.52 Å². The van der Waals surface area contributed by atoms with Gasteiger partial charge in [0.25, 0.3) is 5.89 Å². The summed E-state index contributed by atoms with van der Waals surface area (Å²) < 4.78 is 19.6. The van der Waals surface area contributed by atoms with Gasteiger partial charge in [-0.15, -0.1) is 0 Å². The normalized spacial score (nSPS) is 12.1. The number of nitrogens with zero attached hydrogens (tertiary/aromatic N) is 3. The first kappa shape index (κ1) is 14.3. The molecule has 0 unspecified atom stereocenters. The van der Waals surface area contributed by atoms with Crippen molar-refractivity contribution >= 4 is 27.8 Å². The molecule has 0 saturated heterocycles. The van der Waals surface area contributed by atoms with Gasteiger partial charge in [-0.25, -0.2) is 4.39 Å². The van der Waals surface area contributed by atoms with Gasteiger partial charge in [0.2, 0.25) is 5.82 Å². The van der Waals surface area contributed by atoms with E-state index in [9.17, 15) is 4.39 Å². The summed E-state index contributed by atoms with van der Waals surface area (Å²) in [5, 5.41) is 3.80. The van der Waals surface area contributed by atoms with E-state index in [1.807, 2.05) is 0 Å². The van der Waals surface area contributed by atoms with Gasteiger partial charge in [-0.1, -0.05) is 39.8 Å². The van der Waals surface area contributed by atoms with Crippen LogP contribution >= 0.6 is 15.9 Å². The molecule has 20 heavy (non-hydrogen) atoms. The highest BCUT2D eigenvalue weighted by Crippen LogP contribution is 2.26. The Morgan fingerprint density at radius 1 is 1.50 bits per heavy atom. The van der Waals surface area contributed by atoms with Crippen molar-refractivity contribution in [3.05, 3.63) is 53.0 Å². The molecule has 1 heterocycles. The minimum absolute atomic E-state index is 0.104. The lowest BCUT2D eigenvalue weighted by Crippen LogP contribution is -1.87. The molecular weight excluding hydrogens is 325 g/mol. The highest BCUT2D eigenvalue weighted by molar-refractivity contribution is 9.10. The lowest BCUT2D eigenvalue weighted by molar-refractivity contribution is 0.425. The van der Waals surface area contributed by atoms with Crippen LogP contribution in [0.4, 0.5) is 4.39 Å². The summed E-state index contributed by atoms with van der Waals surface area (Å²) in [5.74, 6) is -0.0352. The van der Waals surface area contributed by atoms with Gasteiger partial charge in [0.15, 0.2) is 0 Å². The van der Waals surface area contributed by atoms with Crippen molar-refractivity contribution in [1.29, 1.82) is 0 Å². The summed E-state index contributed by atoms with van der Waals surface area (Å²) in [6, 6.07) is 4.51. The van der Waals surface area contributed by atoms with Crippen molar-refractivity contribution in [2.75, 3.05) is 0 Å². The molecule has 0 N–H and O–H groups in total. The van der Waals surface area contributed by atoms with E-state index in [1.54, 1.807) is 31.2 Å². The predicted molar refractivity (Wildman–Crippen MR) is 79.7 cm³/mol. The zero-order chi connectivity index (χ0) is 14.5. The van der Waals surface area contributed by atoms with Crippen LogP contribution in [0.2, 0.25) is 0 Å². The first-order chi connectivity index (χ1) is 9.65. The van der Waals surface area contributed by atoms with Crippen molar-refractivity contribution in [3.63, 3.8) is 0 Å². The van der Waals surface area contributed by atoms with Crippen LogP contribution in [0, 0.1) is 5.82 Å². The van der Waals surface area contributed by atoms with E-state index in [-0.39, 0.29) is 11.5 Å². The van der Waals surface area contributed by atoms with Gasteiger partial charge in [0, 0.05) is 10.7 Å². The monoisotopic (exact) mass is 335 g/mol. The van der Waals surface area contributed by atoms with E-state index in [0.717, 1.165) is 4.47 Å². The van der Waals surface area contributed by atoms with Crippen LogP contribution in [0.1, 0.15) is 12.7 Å². The van der Waals surface area contributed by atoms with Gasteiger partial charge in [0.1, 0.15) is 11.5 Å². The minimum atomic E-state index is -0.431. The SMILES string of the molecule is C=CC=N/C(=C\C)c1noc(-c2cc(Br)ccc2F)n1. The van der Waals surface area contributed by atoms with Crippen molar-refractivity contribution in [1.82, 2.24) is 10.1 Å². The quantitative estimate of drug-likeness (QED) is 0.784. The Bertz CT molecular complexity index is 691. The Morgan fingerprint density at radius 2 is 2.30 bits per heavy atom. The highest BCUT2D eigenvalue weighted by Gasteiger charge is 2.15. The fourth-order valence-electron chi connectivity index (χ4n) is 1.49. The summed E-state index contributed by atoms with van der Waals surface area (Å²) in [6.07, 6.45) is 4.79. The average molecular weight is 336 g/mol. The van der Waals surface area contributed by atoms with Crippen LogP contribution < -0.4 is 0 Å². The van der Waals surface area contributed by atoms with Crippen molar-refractivity contribution in [2.45, 2.75) is 6.92 Å². The number of hydrogen-bond acceptors (Lipinski definition) is 4. The molecule has 0 aliphatic heterocycles. The number of halogens is 2. The maximum Gasteiger partial charge on any atom is 0.261 e. The van der Waals surface area contributed by atoms with E-state index in [2.05, 4.69) is 37.6 Å². The molecule has 6 heteroatoms. The molecule has 4 nitrogen and oxygen atoms in total. The lowest BCUT2D eigenvalue weighted by Gasteiger charge is -1.97. The van der Waals surface area contributed by atoms with Crippen molar-refractivity contribution in [3.8, 4) is 11.5 Å². The van der Waals surface area contributed by atoms with Gasteiger partial charge in [-0.3, -0.25) is 4.99 Å². The molecule has 0 bridgehead atoms. The van der Waals surface area contributed by atoms with E-state index in [0.29, 0.717) is 11.5 Å². The molecular formula is C14H11BrFN3O. The Kier molecular flexibility index (Phi) is 4.57. The Labute approximate surface area is 123 Å². The molecule has 2 rings (SSSR count). The summed E-state index contributed by atoms with van der Waals surface area (Å²) in [4.78, 5) is 8.26. The predicted octanol–water partition coefficient (Wildman–Crippen LogP) is 4.26. The molecule has 0 spiro atoms. The number of aromatic nitrogens is 2. The molecule has 0 amide bonds. The molecule has 0 atom stereocenters. The number of rotatable bonds is 4. The van der Waals surface area contributed by atoms with E-state index in [1.165, 1.54) is 12.3 Å². The molecule has 1 aromatic carbocycles. The maximum absolute atomic E-state index is 13.7. The second-order valence-electron chi connectivity index (χ2n) is 3.74. The standard InChI is InChI=1S/C14H11BrFN3O/c1-3-7-17-12(4-2)13-18-14(20-19-13)10-8-9(15)5-6-11(10)16/h3-8H,1H2,2H3/b12-4-,17-7?. The second kappa shape index (κ2) is 6.38. The Morgan fingerprint density at radius 3 is 3.00 bits per heavy atom. The van der Waals surface area contributed by atoms with Crippen LogP contribution in [-0.2, 0) is 0 Å². The third-order valence-corrected chi connectivity index (χ3v) is 2.90. The summed E-state index contributed by atoms with van der Waals surface area (Å²) in [7, 11) is 0. The van der Waals surface area contributed by atoms with Crippen molar-refractivity contribution < 1.29 is 8.91 Å². The van der Waals surface area contributed by atoms with Crippen LogP contribution in [0.3, 0.4) is 0 Å². The summed E-state index contributed by atoms with van der Waals surface area (Å²) >= 11 is 3.27. The second-order valence-corrected chi connectivity index (χ2v) is 4.65. The Balaban J connectivity index is 2.40. The molecule has 0 radical (unpaired) electrons. The van der Waals surface area contributed by atoms with Gasteiger partial charge >= 0.3 is 0 Å². The zero-order valence-electron chi connectivity index (χ0n) is 10.7. The molecule has 1 aromatic heterocycles. The average Bonchev–Trinajstić information content (AvgIpc) is 2.92. The van der Waals surface area contributed by atoms with Crippen LogP contribution in [0.15, 0.2) is 50.9 Å². The third-order valence-electron chi connectivity index (χ3n) is 2.41. The van der Waals surface area contributed by atoms with Gasteiger partial charge in [-0.05, 0) is 25.1 Å². The molecule has 0 aliphatic rings. The molecule has 102 valence electrons. The first-order valence-electron chi connectivity index (χ1n) is 5.76. The van der Waals surface area contributed by atoms with Crippen LogP contribution in [0.5, 0.6) is 0 Å². The molecule has 0 fully saturated rings. The number of allylic oxidation sites excluding steroid dienone is 2. The van der Waals surface area contributed by atoms with E-state index >= 15 is 0 Å². The highest BCUT2D eigenvalue weighted by atomic mass is 79.9. The lowest BCUT2D eigenvalue weighted by atomic mass is 10.2. The Hall–Kier alpha value is -2.08. The molecule has 0 saturated carbocycles. The maximum atomic E-state index is 13.7. The first-order valence-corrected chi connectivity index (χ1v) is 6.56. The van der Waals surface area contributed by atoms with Gasteiger partial charge in [0.05, 0.1) is 5.56 Å². The summed E-state index contributed by atoms with van der Waals surface area (Å²) in [6.45, 7) is 5.34.